The molecule has 3 heterocycles. The number of pyridine rings is 1. The monoisotopic (exact) mass is 342 g/mol. The standard InChI is InChI=1S/C20H30N4O/c1-19(15-20(19)6-9-21-10-7-20)18(25)23-17-4-11-24(12-5-17)14-16-3-2-8-22-13-16/h2-3,8,13,17,21H,4-7,9-12,14-15H2,1H3,(H,23,25). The molecule has 1 aliphatic carbocycles. The fraction of sp³-hybridized carbons (Fsp3) is 0.700. The molecule has 2 saturated heterocycles. The van der Waals surface area contributed by atoms with Crippen LogP contribution in [0.25, 0.3) is 0 Å². The molecule has 1 unspecified atom stereocenters. The maximum absolute atomic E-state index is 12.9. The first-order valence-electron chi connectivity index (χ1n) is 9.74. The molecule has 5 nitrogen and oxygen atoms in total. The summed E-state index contributed by atoms with van der Waals surface area (Å²) in [7, 11) is 0. The molecule has 3 aliphatic rings. The first-order valence-corrected chi connectivity index (χ1v) is 9.74. The zero-order valence-electron chi connectivity index (χ0n) is 15.3. The molecular formula is C20H30N4O. The molecule has 136 valence electrons. The van der Waals surface area contributed by atoms with Crippen LogP contribution in [0.2, 0.25) is 0 Å². The summed E-state index contributed by atoms with van der Waals surface area (Å²) < 4.78 is 0. The zero-order chi connectivity index (χ0) is 17.3. The van der Waals surface area contributed by atoms with Gasteiger partial charge in [0, 0.05) is 38.1 Å². The Morgan fingerprint density at radius 1 is 1.36 bits per heavy atom. The van der Waals surface area contributed by atoms with E-state index < -0.39 is 0 Å². The summed E-state index contributed by atoms with van der Waals surface area (Å²) in [5.74, 6) is 0.306. The maximum Gasteiger partial charge on any atom is 0.226 e. The third-order valence-corrected chi connectivity index (χ3v) is 6.85. The highest BCUT2D eigenvalue weighted by atomic mass is 16.2. The van der Waals surface area contributed by atoms with Crippen molar-refractivity contribution < 1.29 is 4.79 Å². The summed E-state index contributed by atoms with van der Waals surface area (Å²) >= 11 is 0. The van der Waals surface area contributed by atoms with Crippen molar-refractivity contribution in [3.8, 4) is 0 Å². The normalized spacial score (nSPS) is 29.5. The Morgan fingerprint density at radius 2 is 2.12 bits per heavy atom. The van der Waals surface area contributed by atoms with Crippen LogP contribution < -0.4 is 10.6 Å². The number of hydrogen-bond acceptors (Lipinski definition) is 4. The number of carbonyl (C=O) groups is 1. The fourth-order valence-electron chi connectivity index (χ4n) is 4.92. The minimum Gasteiger partial charge on any atom is -0.353 e. The molecule has 1 amide bonds. The molecule has 1 aromatic rings. The van der Waals surface area contributed by atoms with Gasteiger partial charge in [-0.3, -0.25) is 14.7 Å². The summed E-state index contributed by atoms with van der Waals surface area (Å²) in [6.45, 7) is 7.37. The van der Waals surface area contributed by atoms with Gasteiger partial charge in [-0.05, 0) is 62.2 Å². The Balaban J connectivity index is 1.25. The van der Waals surface area contributed by atoms with Crippen LogP contribution in [0.4, 0.5) is 0 Å². The van der Waals surface area contributed by atoms with E-state index in [1.54, 1.807) is 0 Å². The molecule has 0 bridgehead atoms. The van der Waals surface area contributed by atoms with Crippen molar-refractivity contribution in [1.29, 1.82) is 0 Å². The Kier molecular flexibility index (Phi) is 4.54. The number of likely N-dealkylation sites (tertiary alicyclic amines) is 1. The molecule has 1 atom stereocenters. The van der Waals surface area contributed by atoms with Crippen LogP contribution in [-0.4, -0.2) is 48.0 Å². The van der Waals surface area contributed by atoms with Gasteiger partial charge in [-0.25, -0.2) is 0 Å². The maximum atomic E-state index is 12.9. The molecule has 3 fully saturated rings. The molecule has 2 N–H and O–H groups in total. The summed E-state index contributed by atoms with van der Waals surface area (Å²) in [6, 6.07) is 4.47. The number of hydrogen-bond donors (Lipinski definition) is 2. The number of nitrogens with zero attached hydrogens (tertiary/aromatic N) is 2. The van der Waals surface area contributed by atoms with Crippen LogP contribution in [-0.2, 0) is 11.3 Å². The van der Waals surface area contributed by atoms with Crippen LogP contribution in [0.5, 0.6) is 0 Å². The highest BCUT2D eigenvalue weighted by Crippen LogP contribution is 2.68. The van der Waals surface area contributed by atoms with E-state index in [9.17, 15) is 4.79 Å². The molecule has 4 rings (SSSR count). The van der Waals surface area contributed by atoms with E-state index in [2.05, 4.69) is 33.5 Å². The smallest absolute Gasteiger partial charge is 0.226 e. The molecule has 5 heteroatoms. The van der Waals surface area contributed by atoms with Gasteiger partial charge in [0.2, 0.25) is 5.91 Å². The van der Waals surface area contributed by atoms with Gasteiger partial charge >= 0.3 is 0 Å². The van der Waals surface area contributed by atoms with E-state index in [1.165, 1.54) is 5.56 Å². The van der Waals surface area contributed by atoms with Gasteiger partial charge < -0.3 is 10.6 Å². The van der Waals surface area contributed by atoms with E-state index >= 15 is 0 Å². The predicted octanol–water partition coefficient (Wildman–Crippen LogP) is 1.94. The van der Waals surface area contributed by atoms with Gasteiger partial charge in [0.1, 0.15) is 0 Å². The van der Waals surface area contributed by atoms with E-state index in [0.29, 0.717) is 11.9 Å². The van der Waals surface area contributed by atoms with Crippen molar-refractivity contribution in [1.82, 2.24) is 20.5 Å². The van der Waals surface area contributed by atoms with Crippen LogP contribution >= 0.6 is 0 Å². The molecule has 2 aliphatic heterocycles. The predicted molar refractivity (Wildman–Crippen MR) is 97.9 cm³/mol. The van der Waals surface area contributed by atoms with E-state index in [1.807, 2.05) is 18.5 Å². The average Bonchev–Trinajstić information content (AvgIpc) is 3.22. The largest absolute Gasteiger partial charge is 0.353 e. The quantitative estimate of drug-likeness (QED) is 0.878. The number of aromatic nitrogens is 1. The third kappa shape index (κ3) is 3.32. The Bertz CT molecular complexity index is 605. The molecule has 0 radical (unpaired) electrons. The molecular weight excluding hydrogens is 312 g/mol. The van der Waals surface area contributed by atoms with Gasteiger partial charge in [-0.2, -0.15) is 0 Å². The van der Waals surface area contributed by atoms with Crippen molar-refractivity contribution in [3.63, 3.8) is 0 Å². The summed E-state index contributed by atoms with van der Waals surface area (Å²) in [5.41, 5.74) is 1.42. The Labute approximate surface area is 150 Å². The second-order valence-electron chi connectivity index (χ2n) is 8.42. The topological polar surface area (TPSA) is 57.3 Å². The zero-order valence-corrected chi connectivity index (χ0v) is 15.3. The Morgan fingerprint density at radius 3 is 2.80 bits per heavy atom. The molecule has 1 saturated carbocycles. The molecule has 0 aromatic carbocycles. The fourth-order valence-corrected chi connectivity index (χ4v) is 4.92. The summed E-state index contributed by atoms with van der Waals surface area (Å²) in [6.07, 6.45) is 9.25. The summed E-state index contributed by atoms with van der Waals surface area (Å²) in [5, 5.41) is 6.80. The first kappa shape index (κ1) is 17.0. The molecule has 1 spiro atoms. The van der Waals surface area contributed by atoms with Crippen LogP contribution in [0.1, 0.15) is 44.6 Å². The number of rotatable bonds is 4. The lowest BCUT2D eigenvalue weighted by molar-refractivity contribution is -0.128. The minimum atomic E-state index is -0.123. The van der Waals surface area contributed by atoms with E-state index in [4.69, 9.17) is 0 Å². The van der Waals surface area contributed by atoms with Crippen LogP contribution in [0.3, 0.4) is 0 Å². The van der Waals surface area contributed by atoms with Crippen molar-refractivity contribution in [2.24, 2.45) is 10.8 Å². The summed E-state index contributed by atoms with van der Waals surface area (Å²) in [4.78, 5) is 19.5. The SMILES string of the molecule is CC1(C(=O)NC2CCN(Cc3cccnc3)CC2)CC12CCNCC2. The average molecular weight is 342 g/mol. The third-order valence-electron chi connectivity index (χ3n) is 6.85. The number of amides is 1. The van der Waals surface area contributed by atoms with Crippen molar-refractivity contribution in [2.45, 2.75) is 51.6 Å². The Hall–Kier alpha value is -1.46. The molecule has 1 aromatic heterocycles. The van der Waals surface area contributed by atoms with Crippen molar-refractivity contribution in [3.05, 3.63) is 30.1 Å². The first-order chi connectivity index (χ1) is 12.1. The molecule has 25 heavy (non-hydrogen) atoms. The lowest BCUT2D eigenvalue weighted by atomic mass is 9.85. The highest BCUT2D eigenvalue weighted by molar-refractivity contribution is 5.87. The number of nitrogens with one attached hydrogen (secondary N) is 2. The minimum absolute atomic E-state index is 0.123. The second-order valence-corrected chi connectivity index (χ2v) is 8.42. The van der Waals surface area contributed by atoms with Crippen molar-refractivity contribution >= 4 is 5.91 Å². The van der Waals surface area contributed by atoms with Crippen LogP contribution in [0, 0.1) is 10.8 Å². The van der Waals surface area contributed by atoms with Gasteiger partial charge in [-0.15, -0.1) is 0 Å². The van der Waals surface area contributed by atoms with Gasteiger partial charge in [0.05, 0.1) is 5.41 Å². The van der Waals surface area contributed by atoms with Crippen molar-refractivity contribution in [2.75, 3.05) is 26.2 Å². The van der Waals surface area contributed by atoms with Gasteiger partial charge in [-0.1, -0.05) is 13.0 Å². The number of carbonyl (C=O) groups excluding carboxylic acids is 1. The highest BCUT2D eigenvalue weighted by Gasteiger charge is 2.67. The lowest BCUT2D eigenvalue weighted by Gasteiger charge is -2.34. The van der Waals surface area contributed by atoms with E-state index in [0.717, 1.165) is 64.8 Å². The second kappa shape index (κ2) is 6.69. The van der Waals surface area contributed by atoms with Crippen LogP contribution in [0.15, 0.2) is 24.5 Å². The van der Waals surface area contributed by atoms with Gasteiger partial charge in [0.25, 0.3) is 0 Å². The van der Waals surface area contributed by atoms with Gasteiger partial charge in [0.15, 0.2) is 0 Å². The lowest BCUT2D eigenvalue weighted by Crippen LogP contribution is -2.47. The number of piperidine rings is 2. The van der Waals surface area contributed by atoms with E-state index in [-0.39, 0.29) is 10.8 Å².